The van der Waals surface area contributed by atoms with E-state index in [0.29, 0.717) is 22.9 Å². The van der Waals surface area contributed by atoms with Gasteiger partial charge in [0.25, 0.3) is 0 Å². The minimum atomic E-state index is -0.311. The van der Waals surface area contributed by atoms with Crippen LogP contribution in [0.2, 0.25) is 0 Å². The van der Waals surface area contributed by atoms with Crippen LogP contribution in [-0.4, -0.2) is 27.4 Å². The van der Waals surface area contributed by atoms with Gasteiger partial charge in [-0.15, -0.1) is 0 Å². The lowest BCUT2D eigenvalue weighted by Gasteiger charge is -2.15. The monoisotopic (exact) mass is 342 g/mol. The van der Waals surface area contributed by atoms with Gasteiger partial charge in [0.1, 0.15) is 0 Å². The highest BCUT2D eigenvalue weighted by Crippen LogP contribution is 2.40. The van der Waals surface area contributed by atoms with E-state index >= 15 is 0 Å². The van der Waals surface area contributed by atoms with Crippen molar-refractivity contribution in [2.24, 2.45) is 0 Å². The number of methoxy groups -OCH3 is 3. The van der Waals surface area contributed by atoms with Crippen LogP contribution in [0.4, 0.5) is 16.2 Å². The fraction of sp³-hybridized carbons (Fsp3) is 0.316. The van der Waals surface area contributed by atoms with Crippen molar-refractivity contribution in [3.63, 3.8) is 0 Å². The first kappa shape index (κ1) is 17.0. The van der Waals surface area contributed by atoms with Crippen molar-refractivity contribution in [3.8, 4) is 17.2 Å². The van der Waals surface area contributed by atoms with Crippen LogP contribution < -0.4 is 24.8 Å². The number of nitrogens with one attached hydrogen (secondary N) is 2. The van der Waals surface area contributed by atoms with E-state index in [4.69, 9.17) is 14.2 Å². The van der Waals surface area contributed by atoms with Gasteiger partial charge in [0, 0.05) is 17.8 Å². The van der Waals surface area contributed by atoms with Crippen LogP contribution in [0.1, 0.15) is 17.5 Å². The third-order valence-electron chi connectivity index (χ3n) is 4.32. The third kappa shape index (κ3) is 3.47. The van der Waals surface area contributed by atoms with Crippen molar-refractivity contribution >= 4 is 17.4 Å². The molecular weight excluding hydrogens is 320 g/mol. The molecule has 0 radical (unpaired) electrons. The zero-order valence-corrected chi connectivity index (χ0v) is 14.6. The van der Waals surface area contributed by atoms with E-state index in [1.54, 1.807) is 12.1 Å². The van der Waals surface area contributed by atoms with Gasteiger partial charge in [0.2, 0.25) is 5.75 Å². The topological polar surface area (TPSA) is 68.8 Å². The summed E-state index contributed by atoms with van der Waals surface area (Å²) < 4.78 is 15.9. The highest BCUT2D eigenvalue weighted by Gasteiger charge is 2.17. The number of hydrogen-bond acceptors (Lipinski definition) is 4. The van der Waals surface area contributed by atoms with Crippen LogP contribution in [0.3, 0.4) is 0 Å². The van der Waals surface area contributed by atoms with Crippen LogP contribution in [0.25, 0.3) is 0 Å². The molecule has 2 aromatic carbocycles. The minimum Gasteiger partial charge on any atom is -0.493 e. The molecule has 0 atom stereocenters. The van der Waals surface area contributed by atoms with Gasteiger partial charge in [0.05, 0.1) is 27.0 Å². The number of ether oxygens (including phenoxy) is 3. The second-order valence-corrected chi connectivity index (χ2v) is 5.79. The van der Waals surface area contributed by atoms with E-state index in [9.17, 15) is 4.79 Å². The summed E-state index contributed by atoms with van der Waals surface area (Å²) in [6.45, 7) is 0. The zero-order valence-electron chi connectivity index (χ0n) is 14.6. The van der Waals surface area contributed by atoms with Gasteiger partial charge >= 0.3 is 6.03 Å². The van der Waals surface area contributed by atoms with Crippen LogP contribution >= 0.6 is 0 Å². The largest absolute Gasteiger partial charge is 0.493 e. The van der Waals surface area contributed by atoms with Crippen molar-refractivity contribution in [3.05, 3.63) is 41.5 Å². The molecule has 0 fully saturated rings. The fourth-order valence-corrected chi connectivity index (χ4v) is 3.17. The number of benzene rings is 2. The fourth-order valence-electron chi connectivity index (χ4n) is 3.17. The second kappa shape index (κ2) is 7.34. The minimum absolute atomic E-state index is 0.311. The average molecular weight is 342 g/mol. The Labute approximate surface area is 147 Å². The van der Waals surface area contributed by atoms with E-state index in [1.807, 2.05) is 12.1 Å². The summed E-state index contributed by atoms with van der Waals surface area (Å²) in [5.41, 5.74) is 3.95. The zero-order chi connectivity index (χ0) is 17.8. The molecule has 132 valence electrons. The second-order valence-electron chi connectivity index (χ2n) is 5.79. The molecule has 0 saturated heterocycles. The average Bonchev–Trinajstić information content (AvgIpc) is 3.10. The number of amides is 2. The Morgan fingerprint density at radius 3 is 2.32 bits per heavy atom. The van der Waals surface area contributed by atoms with E-state index in [2.05, 4.69) is 16.7 Å². The molecule has 0 heterocycles. The molecular formula is C19H22N2O4. The maximum Gasteiger partial charge on any atom is 0.323 e. The van der Waals surface area contributed by atoms with Gasteiger partial charge in [0.15, 0.2) is 11.5 Å². The molecule has 25 heavy (non-hydrogen) atoms. The SMILES string of the molecule is COc1cc(NC(=O)Nc2cccc3c2CCC3)cc(OC)c1OC. The lowest BCUT2D eigenvalue weighted by molar-refractivity contribution is 0.262. The van der Waals surface area contributed by atoms with Crippen molar-refractivity contribution in [2.75, 3.05) is 32.0 Å². The van der Waals surface area contributed by atoms with Crippen molar-refractivity contribution in [2.45, 2.75) is 19.3 Å². The first-order valence-electron chi connectivity index (χ1n) is 8.15. The Bertz CT molecular complexity index is 764. The maximum atomic E-state index is 12.4. The van der Waals surface area contributed by atoms with Gasteiger partial charge in [-0.3, -0.25) is 0 Å². The predicted octanol–water partition coefficient (Wildman–Crippen LogP) is 3.85. The van der Waals surface area contributed by atoms with Crippen molar-refractivity contribution in [1.82, 2.24) is 0 Å². The summed E-state index contributed by atoms with van der Waals surface area (Å²) >= 11 is 0. The molecule has 0 spiro atoms. The van der Waals surface area contributed by atoms with E-state index in [-0.39, 0.29) is 6.03 Å². The molecule has 2 aromatic rings. The molecule has 1 aliphatic rings. The number of carbonyl (C=O) groups is 1. The third-order valence-corrected chi connectivity index (χ3v) is 4.32. The van der Waals surface area contributed by atoms with Gasteiger partial charge < -0.3 is 24.8 Å². The molecule has 2 amide bonds. The summed E-state index contributed by atoms with van der Waals surface area (Å²) in [5, 5.41) is 5.75. The number of rotatable bonds is 5. The molecule has 0 aliphatic heterocycles. The Morgan fingerprint density at radius 2 is 1.68 bits per heavy atom. The molecule has 3 rings (SSSR count). The number of carbonyl (C=O) groups excluding carboxylic acids is 1. The molecule has 6 nitrogen and oxygen atoms in total. The maximum absolute atomic E-state index is 12.4. The number of fused-ring (bicyclic) bond motifs is 1. The summed E-state index contributed by atoms with van der Waals surface area (Å²) in [6, 6.07) is 9.09. The number of hydrogen-bond donors (Lipinski definition) is 2. The highest BCUT2D eigenvalue weighted by atomic mass is 16.5. The Morgan fingerprint density at radius 1 is 0.960 bits per heavy atom. The Balaban J connectivity index is 1.78. The Kier molecular flexibility index (Phi) is 4.97. The molecule has 0 aromatic heterocycles. The van der Waals surface area contributed by atoms with Gasteiger partial charge in [-0.1, -0.05) is 12.1 Å². The lowest BCUT2D eigenvalue weighted by atomic mass is 10.1. The number of urea groups is 1. The van der Waals surface area contributed by atoms with E-state index < -0.39 is 0 Å². The summed E-state index contributed by atoms with van der Waals surface area (Å²) in [4.78, 5) is 12.4. The van der Waals surface area contributed by atoms with E-state index in [1.165, 1.54) is 32.5 Å². The van der Waals surface area contributed by atoms with E-state index in [0.717, 1.165) is 24.9 Å². The smallest absolute Gasteiger partial charge is 0.323 e. The van der Waals surface area contributed by atoms with Crippen molar-refractivity contribution < 1.29 is 19.0 Å². The highest BCUT2D eigenvalue weighted by molar-refractivity contribution is 6.00. The lowest BCUT2D eigenvalue weighted by Crippen LogP contribution is -2.20. The van der Waals surface area contributed by atoms with Crippen LogP contribution in [0.15, 0.2) is 30.3 Å². The summed E-state index contributed by atoms with van der Waals surface area (Å²) in [5.74, 6) is 1.45. The van der Waals surface area contributed by atoms with Crippen LogP contribution in [0, 0.1) is 0 Å². The standard InChI is InChI=1S/C19H22N2O4/c1-23-16-10-13(11-17(24-2)18(16)25-3)20-19(22)21-15-9-5-7-12-6-4-8-14(12)15/h5,7,9-11H,4,6,8H2,1-3H3,(H2,20,21,22). The molecule has 0 saturated carbocycles. The first-order valence-corrected chi connectivity index (χ1v) is 8.15. The molecule has 2 N–H and O–H groups in total. The predicted molar refractivity (Wildman–Crippen MR) is 97.2 cm³/mol. The van der Waals surface area contributed by atoms with Crippen molar-refractivity contribution in [1.29, 1.82) is 0 Å². The van der Waals surface area contributed by atoms with Gasteiger partial charge in [-0.05, 0) is 36.5 Å². The first-order chi connectivity index (χ1) is 12.2. The number of anilines is 2. The van der Waals surface area contributed by atoms with Gasteiger partial charge in [-0.2, -0.15) is 0 Å². The number of aryl methyl sites for hydroxylation is 1. The Hall–Kier alpha value is -2.89. The molecule has 6 heteroatoms. The molecule has 0 bridgehead atoms. The molecule has 0 unspecified atom stereocenters. The summed E-state index contributed by atoms with van der Waals surface area (Å²) in [7, 11) is 4.61. The molecule has 1 aliphatic carbocycles. The quantitative estimate of drug-likeness (QED) is 0.866. The van der Waals surface area contributed by atoms with Crippen LogP contribution in [-0.2, 0) is 12.8 Å². The van der Waals surface area contributed by atoms with Gasteiger partial charge in [-0.25, -0.2) is 4.79 Å². The van der Waals surface area contributed by atoms with Crippen LogP contribution in [0.5, 0.6) is 17.2 Å². The normalized spacial score (nSPS) is 12.3. The summed E-state index contributed by atoms with van der Waals surface area (Å²) in [6.07, 6.45) is 3.19.